The first kappa shape index (κ1) is 14.8. The number of carboxylic acids is 1. The van der Waals surface area contributed by atoms with Crippen LogP contribution in [0.2, 0.25) is 0 Å². The van der Waals surface area contributed by atoms with Gasteiger partial charge >= 0.3 is 5.97 Å². The van der Waals surface area contributed by atoms with Crippen molar-refractivity contribution in [2.24, 2.45) is 0 Å². The molecular formula is C13H16N2O4. The molecule has 1 rings (SSSR count). The van der Waals surface area contributed by atoms with Crippen molar-refractivity contribution < 1.29 is 19.4 Å². The number of aromatic carboxylic acids is 1. The number of hydrogen-bond donors (Lipinski definition) is 2. The third-order valence-corrected chi connectivity index (χ3v) is 2.12. The number of carboxylic acid groups (broad SMARTS) is 1. The number of carbonyl (C=O) groups excluding carboxylic acids is 1. The molecule has 0 radical (unpaired) electrons. The number of aromatic nitrogens is 1. The van der Waals surface area contributed by atoms with Crippen molar-refractivity contribution in [3.8, 4) is 0 Å². The molecule has 6 heteroatoms. The molecule has 1 amide bonds. The van der Waals surface area contributed by atoms with Crippen LogP contribution in [0.3, 0.4) is 0 Å². The summed E-state index contributed by atoms with van der Waals surface area (Å²) < 4.78 is 5.22. The molecule has 0 aliphatic rings. The Morgan fingerprint density at radius 2 is 2.21 bits per heavy atom. The van der Waals surface area contributed by atoms with Crippen molar-refractivity contribution in [2.75, 3.05) is 19.8 Å². The lowest BCUT2D eigenvalue weighted by atomic mass is 10.2. The Bertz CT molecular complexity index is 468. The molecule has 2 N–H and O–H groups in total. The van der Waals surface area contributed by atoms with E-state index in [9.17, 15) is 9.59 Å². The number of nitrogens with one attached hydrogen (secondary N) is 1. The molecule has 1 aromatic heterocycles. The van der Waals surface area contributed by atoms with Gasteiger partial charge in [-0.2, -0.15) is 0 Å². The van der Waals surface area contributed by atoms with Crippen LogP contribution in [0.1, 0.15) is 27.8 Å². The van der Waals surface area contributed by atoms with E-state index in [-0.39, 0.29) is 17.2 Å². The molecule has 0 aromatic carbocycles. The minimum Gasteiger partial charge on any atom is -0.478 e. The van der Waals surface area contributed by atoms with Crippen molar-refractivity contribution in [1.82, 2.24) is 10.3 Å². The molecule has 0 saturated carbocycles. The lowest BCUT2D eigenvalue weighted by Gasteiger charge is -2.06. The van der Waals surface area contributed by atoms with E-state index in [0.717, 1.165) is 11.8 Å². The summed E-state index contributed by atoms with van der Waals surface area (Å²) >= 11 is 0. The van der Waals surface area contributed by atoms with Gasteiger partial charge in [-0.25, -0.2) is 4.79 Å². The first-order valence-electron chi connectivity index (χ1n) is 5.70. The zero-order valence-electron chi connectivity index (χ0n) is 10.7. The summed E-state index contributed by atoms with van der Waals surface area (Å²) in [6, 6.07) is 2.70. The van der Waals surface area contributed by atoms with E-state index >= 15 is 0 Å². The second-order valence-electron chi connectivity index (χ2n) is 4.00. The molecule has 1 heterocycles. The molecule has 0 aliphatic carbocycles. The third kappa shape index (κ3) is 5.31. The van der Waals surface area contributed by atoms with Gasteiger partial charge in [0.25, 0.3) is 5.91 Å². The van der Waals surface area contributed by atoms with Crippen LogP contribution in [0.4, 0.5) is 0 Å². The molecule has 0 spiro atoms. The molecule has 0 bridgehead atoms. The minimum atomic E-state index is -1.08. The lowest BCUT2D eigenvalue weighted by molar-refractivity contribution is 0.0695. The Balaban J connectivity index is 2.37. The van der Waals surface area contributed by atoms with E-state index in [0.29, 0.717) is 19.8 Å². The monoisotopic (exact) mass is 264 g/mol. The summed E-state index contributed by atoms with van der Waals surface area (Å²) in [5.41, 5.74) is 1.13. The van der Waals surface area contributed by atoms with E-state index in [4.69, 9.17) is 9.84 Å². The van der Waals surface area contributed by atoms with Gasteiger partial charge in [0.15, 0.2) is 0 Å². The molecule has 6 nitrogen and oxygen atoms in total. The van der Waals surface area contributed by atoms with Crippen LogP contribution in [-0.2, 0) is 4.74 Å². The number of pyridine rings is 1. The van der Waals surface area contributed by atoms with Gasteiger partial charge in [-0.1, -0.05) is 12.2 Å². The van der Waals surface area contributed by atoms with E-state index in [1.54, 1.807) is 0 Å². The van der Waals surface area contributed by atoms with E-state index in [1.165, 1.54) is 12.1 Å². The van der Waals surface area contributed by atoms with Crippen molar-refractivity contribution in [1.29, 1.82) is 0 Å². The fourth-order valence-electron chi connectivity index (χ4n) is 1.23. The Kier molecular flexibility index (Phi) is 5.69. The van der Waals surface area contributed by atoms with Crippen molar-refractivity contribution in [3.05, 3.63) is 41.7 Å². The topological polar surface area (TPSA) is 88.5 Å². The molecule has 0 saturated heterocycles. The second-order valence-corrected chi connectivity index (χ2v) is 4.00. The van der Waals surface area contributed by atoms with Gasteiger partial charge < -0.3 is 15.2 Å². The van der Waals surface area contributed by atoms with Gasteiger partial charge in [-0.3, -0.25) is 9.78 Å². The van der Waals surface area contributed by atoms with Crippen LogP contribution in [0, 0.1) is 0 Å². The fourth-order valence-corrected chi connectivity index (χ4v) is 1.23. The number of ether oxygens (including phenoxy) is 1. The fraction of sp³-hybridized carbons (Fsp3) is 0.308. The summed E-state index contributed by atoms with van der Waals surface area (Å²) in [5, 5.41) is 11.3. The number of amides is 1. The third-order valence-electron chi connectivity index (χ3n) is 2.12. The Hall–Kier alpha value is -2.21. The van der Waals surface area contributed by atoms with Gasteiger partial charge in [-0.05, 0) is 19.1 Å². The highest BCUT2D eigenvalue weighted by molar-refractivity contribution is 5.93. The van der Waals surface area contributed by atoms with Crippen molar-refractivity contribution >= 4 is 11.9 Å². The number of rotatable bonds is 7. The average Bonchev–Trinajstić information content (AvgIpc) is 2.37. The Morgan fingerprint density at radius 1 is 1.47 bits per heavy atom. The molecule has 1 aromatic rings. The first-order valence-corrected chi connectivity index (χ1v) is 5.70. The van der Waals surface area contributed by atoms with Gasteiger partial charge in [0, 0.05) is 12.7 Å². The summed E-state index contributed by atoms with van der Waals surface area (Å²) in [4.78, 5) is 26.0. The standard InChI is InChI=1S/C13H16N2O4/c1-9(2)8-19-6-5-14-12(16)11-4-3-10(7-15-11)13(17)18/h3-4,7H,1,5-6,8H2,2H3,(H,14,16)(H,17,18). The van der Waals surface area contributed by atoms with Gasteiger partial charge in [0.2, 0.25) is 0 Å². The maximum Gasteiger partial charge on any atom is 0.337 e. The lowest BCUT2D eigenvalue weighted by Crippen LogP contribution is -2.28. The maximum atomic E-state index is 11.6. The molecule has 0 fully saturated rings. The molecular weight excluding hydrogens is 248 g/mol. The summed E-state index contributed by atoms with van der Waals surface area (Å²) in [7, 11) is 0. The Morgan fingerprint density at radius 3 is 2.74 bits per heavy atom. The SMILES string of the molecule is C=C(C)COCCNC(=O)c1ccc(C(=O)O)cn1. The molecule has 102 valence electrons. The molecule has 0 aliphatic heterocycles. The quantitative estimate of drug-likeness (QED) is 0.568. The van der Waals surface area contributed by atoms with E-state index < -0.39 is 5.97 Å². The number of nitrogens with zero attached hydrogens (tertiary/aromatic N) is 1. The van der Waals surface area contributed by atoms with Crippen LogP contribution < -0.4 is 5.32 Å². The molecule has 0 atom stereocenters. The van der Waals surface area contributed by atoms with E-state index in [1.807, 2.05) is 6.92 Å². The predicted octanol–water partition coefficient (Wildman–Crippen LogP) is 1.10. The largest absolute Gasteiger partial charge is 0.478 e. The highest BCUT2D eigenvalue weighted by atomic mass is 16.5. The van der Waals surface area contributed by atoms with Crippen LogP contribution in [0.15, 0.2) is 30.5 Å². The number of carbonyl (C=O) groups is 2. The minimum absolute atomic E-state index is 0.0429. The summed E-state index contributed by atoms with van der Waals surface area (Å²) in [6.45, 7) is 6.74. The highest BCUT2D eigenvalue weighted by Crippen LogP contribution is 2.00. The molecule has 0 unspecified atom stereocenters. The zero-order valence-corrected chi connectivity index (χ0v) is 10.7. The Labute approximate surface area is 111 Å². The first-order chi connectivity index (χ1) is 9.00. The summed E-state index contributed by atoms with van der Waals surface area (Å²) in [5.74, 6) is -1.44. The second kappa shape index (κ2) is 7.27. The van der Waals surface area contributed by atoms with Gasteiger partial charge in [0.05, 0.1) is 18.8 Å². The van der Waals surface area contributed by atoms with Crippen LogP contribution in [0.25, 0.3) is 0 Å². The van der Waals surface area contributed by atoms with Crippen molar-refractivity contribution in [3.63, 3.8) is 0 Å². The highest BCUT2D eigenvalue weighted by Gasteiger charge is 2.08. The van der Waals surface area contributed by atoms with Crippen LogP contribution in [-0.4, -0.2) is 41.7 Å². The summed E-state index contributed by atoms with van der Waals surface area (Å²) in [6.07, 6.45) is 1.15. The molecule has 19 heavy (non-hydrogen) atoms. The zero-order chi connectivity index (χ0) is 14.3. The smallest absolute Gasteiger partial charge is 0.337 e. The normalized spacial score (nSPS) is 9.95. The van der Waals surface area contributed by atoms with Crippen LogP contribution in [0.5, 0.6) is 0 Å². The van der Waals surface area contributed by atoms with Gasteiger partial charge in [-0.15, -0.1) is 0 Å². The number of hydrogen-bond acceptors (Lipinski definition) is 4. The van der Waals surface area contributed by atoms with Crippen molar-refractivity contribution in [2.45, 2.75) is 6.92 Å². The predicted molar refractivity (Wildman–Crippen MR) is 69.2 cm³/mol. The maximum absolute atomic E-state index is 11.6. The average molecular weight is 264 g/mol. The van der Waals surface area contributed by atoms with E-state index in [2.05, 4.69) is 16.9 Å². The van der Waals surface area contributed by atoms with Gasteiger partial charge in [0.1, 0.15) is 5.69 Å². The van der Waals surface area contributed by atoms with Crippen LogP contribution >= 0.6 is 0 Å².